The molecule has 0 unspecified atom stereocenters. The maximum atomic E-state index is 12.0. The number of Topliss-reactive ketones (excluding diaryl/α,β-unsaturated/α-hetero) is 1. The number of amidine groups is 4. The van der Waals surface area contributed by atoms with Gasteiger partial charge < -0.3 is 37.8 Å². The molecule has 3 aromatic carbocycles. The Hall–Kier alpha value is -4.72. The van der Waals surface area contributed by atoms with E-state index in [0.29, 0.717) is 102 Å². The smallest absolute Gasteiger partial charge is 0.227 e. The van der Waals surface area contributed by atoms with Crippen LogP contribution in [0, 0.1) is 38.4 Å². The quantitative estimate of drug-likeness (QED) is 0.0261. The van der Waals surface area contributed by atoms with Crippen molar-refractivity contribution in [3.63, 3.8) is 0 Å². The van der Waals surface area contributed by atoms with Crippen LogP contribution in [0.25, 0.3) is 0 Å². The number of rotatable bonds is 15. The molecular weight excluding hydrogens is 1880 g/mol. The summed E-state index contributed by atoms with van der Waals surface area (Å²) in [5.74, 6) is 0.338. The van der Waals surface area contributed by atoms with E-state index in [0.717, 1.165) is 91.9 Å². The van der Waals surface area contributed by atoms with Gasteiger partial charge in [0.05, 0.1) is 34.4 Å². The highest BCUT2D eigenvalue weighted by Gasteiger charge is 2.21. The van der Waals surface area contributed by atoms with Crippen LogP contribution < -0.4 is 22.9 Å². The van der Waals surface area contributed by atoms with Crippen LogP contribution in [-0.2, 0) is 28.9 Å². The molecule has 0 saturated carbocycles. The lowest BCUT2D eigenvalue weighted by molar-refractivity contribution is 0.0996. The van der Waals surface area contributed by atoms with Gasteiger partial charge in [-0.3, -0.25) is 36.4 Å². The van der Waals surface area contributed by atoms with E-state index in [1.54, 1.807) is 31.3 Å². The fourth-order valence-corrected chi connectivity index (χ4v) is 15.6. The molecule has 562 valence electrons. The molecule has 8 heterocycles. The van der Waals surface area contributed by atoms with Crippen molar-refractivity contribution < 1.29 is 14.3 Å². The zero-order valence-electron chi connectivity index (χ0n) is 53.1. The number of carbonyl (C=O) groups is 1. The second kappa shape index (κ2) is 48.8. The molecule has 0 radical (unpaired) electrons. The Labute approximate surface area is 723 Å². The molecule has 0 fully saturated rings. The Bertz CT molecular complexity index is 4830. The van der Waals surface area contributed by atoms with Crippen LogP contribution in [0.2, 0.25) is 81.4 Å². The summed E-state index contributed by atoms with van der Waals surface area (Å²) >= 11 is 99.6. The summed E-state index contributed by atoms with van der Waals surface area (Å²) in [6, 6.07) is 28.4. The number of ketones is 1. The number of hydrogen-bond donors (Lipinski definition) is 9. The summed E-state index contributed by atoms with van der Waals surface area (Å²) in [5, 5.41) is 50.1. The highest BCUT2D eigenvalue weighted by Crippen LogP contribution is 2.35. The number of aliphatic imine (C=N–C) groups is 2. The van der Waals surface area contributed by atoms with E-state index in [4.69, 9.17) is 246 Å². The zero-order valence-corrected chi connectivity index (χ0v) is 72.5. The maximum Gasteiger partial charge on any atom is 0.227 e. The standard InChI is InChI=1S/C12H6Cl2N2OS.C11H8Cl2N2OS.C11H8Cl2N2S.C6H7Cl2N3S.C5H5Cl2N3S.C5H4Cl2N2OS.2C4H3Cl2N3S.ClH/c13-10-11(18-16-12(10)14)9(17)5-7-3-1-2-4-8(7)6-15;12-8-9(17-15-10(8)13)11(14)16-6-7-4-2-1-3-5-7;12-9-10(16-15-11(9)13)8(14)6-7-4-2-1-3-5-7;1-2-10-6(9)4-3(7)5(8)11-12-4;1-9-5(8)3-2(6)4(7)10-11-3;1-10-5(8)3-2(6)4(7)9-11-3;2*5-1-2(4(7)8)10-9-3(1)6;/h1-4H,5H2;1-5,14H,6H2;1-5,14H,6H2;2H2,1H3,(H2,9,10);1H3,(H2,8,9);8H,1H3;2*(H3,7,8);1H. The zero-order chi connectivity index (χ0) is 78.4. The minimum absolute atomic E-state index is 0. The van der Waals surface area contributed by atoms with E-state index in [2.05, 4.69) is 49.7 Å². The summed E-state index contributed by atoms with van der Waals surface area (Å²) < 4.78 is 40.3. The number of hydrogen-bond acceptors (Lipinski definition) is 27. The number of nitrogens with two attached hydrogens (primary N) is 4. The first-order valence-corrected chi connectivity index (χ1v) is 39.7. The van der Waals surface area contributed by atoms with Crippen molar-refractivity contribution in [3.05, 3.63) is 228 Å². The van der Waals surface area contributed by atoms with Crippen LogP contribution in [0.1, 0.15) is 73.0 Å². The van der Waals surface area contributed by atoms with Crippen LogP contribution >= 0.6 is 290 Å². The van der Waals surface area contributed by atoms with Crippen molar-refractivity contribution in [1.82, 2.24) is 35.0 Å². The first-order valence-electron chi connectivity index (χ1n) is 27.4. The number of aromatic nitrogens is 8. The number of nitrogens with one attached hydrogen (secondary N) is 5. The minimum Gasteiger partial charge on any atom is -0.480 e. The van der Waals surface area contributed by atoms with E-state index in [1.807, 2.05) is 73.7 Å². The van der Waals surface area contributed by atoms with Crippen LogP contribution in [0.4, 0.5) is 0 Å². The van der Waals surface area contributed by atoms with Crippen LogP contribution in [0.3, 0.4) is 0 Å². The van der Waals surface area contributed by atoms with Gasteiger partial charge in [-0.15, -0.1) is 12.4 Å². The number of ether oxygens (including phenoxy) is 2. The molecule has 0 atom stereocenters. The van der Waals surface area contributed by atoms with E-state index < -0.39 is 0 Å². The largest absolute Gasteiger partial charge is 0.480 e. The fourth-order valence-electron chi connectivity index (χ4n) is 6.52. The van der Waals surface area contributed by atoms with Crippen molar-refractivity contribution in [2.75, 3.05) is 20.7 Å². The van der Waals surface area contributed by atoms with Gasteiger partial charge in [0, 0.05) is 26.4 Å². The topological polar surface area (TPSA) is 410 Å². The molecule has 11 aromatic rings. The predicted molar refractivity (Wildman–Crippen MR) is 452 cm³/mol. The summed E-state index contributed by atoms with van der Waals surface area (Å²) in [5.41, 5.74) is 25.0. The van der Waals surface area contributed by atoms with Crippen LogP contribution in [0.15, 0.2) is 94.9 Å². The van der Waals surface area contributed by atoms with Gasteiger partial charge in [0.15, 0.2) is 47.0 Å². The molecule has 0 saturated heterocycles. The molecule has 8 aromatic heterocycles. The second-order valence-corrected chi connectivity index (χ2v) is 30.4. The van der Waals surface area contributed by atoms with E-state index >= 15 is 0 Å². The minimum atomic E-state index is -0.188. The molecule has 48 heteroatoms. The molecule has 0 bridgehead atoms. The summed E-state index contributed by atoms with van der Waals surface area (Å²) in [4.78, 5) is 23.8. The van der Waals surface area contributed by atoms with Crippen molar-refractivity contribution in [2.24, 2.45) is 32.9 Å². The van der Waals surface area contributed by atoms with E-state index in [1.165, 1.54) is 18.6 Å². The first-order chi connectivity index (χ1) is 49.7. The number of halogens is 17. The Morgan fingerprint density at radius 3 is 1.09 bits per heavy atom. The molecule has 0 spiro atoms. The van der Waals surface area contributed by atoms with Crippen molar-refractivity contribution in [2.45, 2.75) is 26.4 Å². The average molecular weight is 1930 g/mol. The van der Waals surface area contributed by atoms with Crippen molar-refractivity contribution in [1.29, 1.82) is 32.3 Å². The van der Waals surface area contributed by atoms with Gasteiger partial charge in [0.2, 0.25) is 11.8 Å². The molecule has 23 nitrogen and oxygen atoms in total. The number of methoxy groups -OCH3 is 1. The monoisotopic (exact) mass is 1920 g/mol. The lowest BCUT2D eigenvalue weighted by Crippen LogP contribution is -2.12. The van der Waals surface area contributed by atoms with Gasteiger partial charge in [0.1, 0.15) is 99.2 Å². The third kappa shape index (κ3) is 29.5. The number of nitrogen functional groups attached to an aromatic ring is 2. The van der Waals surface area contributed by atoms with Gasteiger partial charge in [-0.1, -0.05) is 264 Å². The third-order valence-electron chi connectivity index (χ3n) is 11.4. The third-order valence-corrected chi connectivity index (χ3v) is 26.0. The van der Waals surface area contributed by atoms with Crippen molar-refractivity contribution >= 4 is 337 Å². The highest BCUT2D eigenvalue weighted by atomic mass is 35.5. The van der Waals surface area contributed by atoms with Gasteiger partial charge in [-0.2, -0.15) is 40.3 Å². The van der Waals surface area contributed by atoms with Crippen LogP contribution in [0.5, 0.6) is 0 Å². The SMILES string of the molecule is CCN=C(N)c1snc(Cl)c1Cl.CN=C(N)c1snc(Cl)c1Cl.COC(=N)c1snc(Cl)c1Cl.Cl.N#Cc1ccccc1CC(=O)c1snc(Cl)c1Cl.N=C(Cc1ccccc1)c1snc(Cl)c1Cl.N=C(N)c1snc(Cl)c1Cl.N=C(N)c1snc(Cl)c1Cl.N=C(OCc1ccccc1)c1snc(Cl)c1Cl. The average Bonchev–Trinajstić information content (AvgIpc) is 1.37. The Balaban J connectivity index is 0.000000317. The molecule has 0 aliphatic rings. The first kappa shape index (κ1) is 95.5. The Morgan fingerprint density at radius 2 is 0.764 bits per heavy atom. The molecule has 106 heavy (non-hydrogen) atoms. The normalized spacial score (nSPS) is 10.4. The second-order valence-electron chi connectivity index (χ2n) is 18.4. The lowest BCUT2D eigenvalue weighted by Gasteiger charge is -2.05. The lowest BCUT2D eigenvalue weighted by atomic mass is 10.0. The molecule has 11 rings (SSSR count). The van der Waals surface area contributed by atoms with Gasteiger partial charge in [-0.05, 0) is 122 Å². The van der Waals surface area contributed by atoms with Gasteiger partial charge in [0.25, 0.3) is 0 Å². The molecule has 0 aliphatic carbocycles. The molecule has 0 aliphatic heterocycles. The predicted octanol–water partition coefficient (Wildman–Crippen LogP) is 22.1. The van der Waals surface area contributed by atoms with Gasteiger partial charge in [-0.25, -0.2) is 0 Å². The number of nitriles is 1. The van der Waals surface area contributed by atoms with E-state index in [-0.39, 0.29) is 114 Å². The Kier molecular flexibility index (Phi) is 44.0. The number of benzene rings is 3. The highest BCUT2D eigenvalue weighted by molar-refractivity contribution is 7.12. The van der Waals surface area contributed by atoms with E-state index in [9.17, 15) is 4.79 Å². The maximum absolute atomic E-state index is 12.0. The summed E-state index contributed by atoms with van der Waals surface area (Å²) in [7, 11) is 2.98. The molecule has 13 N–H and O–H groups in total. The summed E-state index contributed by atoms with van der Waals surface area (Å²) in [6.45, 7) is 2.84. The van der Waals surface area contributed by atoms with Crippen molar-refractivity contribution in [3.8, 4) is 6.07 Å². The Morgan fingerprint density at radius 1 is 0.443 bits per heavy atom. The molecular formula is C58H45Cl17N20O3S8. The van der Waals surface area contributed by atoms with Crippen LogP contribution in [-0.4, -0.2) is 102 Å². The fraction of sp³-hybridized carbons (Fsp3) is 0.121. The molecule has 0 amide bonds. The summed E-state index contributed by atoms with van der Waals surface area (Å²) in [6.07, 6.45) is 0.654. The number of carbonyl (C=O) groups excluding carboxylic acids is 1. The van der Waals surface area contributed by atoms with Gasteiger partial charge >= 0.3 is 0 Å². The number of nitrogens with zero attached hydrogens (tertiary/aromatic N) is 11.